The first-order chi connectivity index (χ1) is 14.3. The van der Waals surface area contributed by atoms with Crippen molar-refractivity contribution in [2.75, 3.05) is 5.32 Å². The number of carbonyl (C=O) groups excluding carboxylic acids is 1. The number of carboxylic acid groups (broad SMARTS) is 1. The minimum absolute atomic E-state index is 0.0546. The summed E-state index contributed by atoms with van der Waals surface area (Å²) in [5.74, 6) is -1.79. The molecular weight excluding hydrogens is 423 g/mol. The topological polar surface area (TPSA) is 71.3 Å². The van der Waals surface area contributed by atoms with Crippen LogP contribution in [0.5, 0.6) is 0 Å². The van der Waals surface area contributed by atoms with E-state index in [1.54, 1.807) is 43.3 Å². The number of aromatic nitrogens is 1. The zero-order valence-electron chi connectivity index (χ0n) is 16.0. The van der Waals surface area contributed by atoms with E-state index in [0.717, 1.165) is 21.8 Å². The van der Waals surface area contributed by atoms with Gasteiger partial charge in [0.2, 0.25) is 5.91 Å². The normalized spacial score (nSPS) is 12.2. The van der Waals surface area contributed by atoms with Crippen LogP contribution in [0.3, 0.4) is 0 Å². The summed E-state index contributed by atoms with van der Waals surface area (Å²) in [6.45, 7) is 1.69. The van der Waals surface area contributed by atoms with E-state index in [4.69, 9.17) is 23.2 Å². The van der Waals surface area contributed by atoms with Crippen molar-refractivity contribution in [2.45, 2.75) is 19.4 Å². The molecule has 0 aliphatic heterocycles. The SMILES string of the molecule is C[C@H](C(=O)O)c1ccc2c3cc(Cl)ccc3n(CC(=O)Nc3cccc(Cl)c3)c2c1. The molecule has 0 saturated carbocycles. The van der Waals surface area contributed by atoms with Gasteiger partial charge in [-0.1, -0.05) is 41.4 Å². The number of nitrogens with one attached hydrogen (secondary N) is 1. The first-order valence-electron chi connectivity index (χ1n) is 9.33. The molecule has 5 nitrogen and oxygen atoms in total. The van der Waals surface area contributed by atoms with Crippen molar-refractivity contribution in [2.24, 2.45) is 0 Å². The predicted octanol–water partition coefficient (Wildman–Crippen LogP) is 5.93. The van der Waals surface area contributed by atoms with E-state index in [1.165, 1.54) is 0 Å². The zero-order chi connectivity index (χ0) is 21.4. The molecule has 0 saturated heterocycles. The Kier molecular flexibility index (Phi) is 5.41. The highest BCUT2D eigenvalue weighted by atomic mass is 35.5. The van der Waals surface area contributed by atoms with Gasteiger partial charge in [-0.3, -0.25) is 9.59 Å². The first kappa shape index (κ1) is 20.3. The molecule has 7 heteroatoms. The summed E-state index contributed by atoms with van der Waals surface area (Å²) in [7, 11) is 0. The molecule has 0 radical (unpaired) electrons. The van der Waals surface area contributed by atoms with Crippen LogP contribution in [0.2, 0.25) is 10.0 Å². The second-order valence-electron chi connectivity index (χ2n) is 7.14. The molecule has 0 aliphatic rings. The van der Waals surface area contributed by atoms with E-state index in [2.05, 4.69) is 5.32 Å². The second kappa shape index (κ2) is 8.01. The molecule has 30 heavy (non-hydrogen) atoms. The van der Waals surface area contributed by atoms with E-state index in [9.17, 15) is 14.7 Å². The lowest BCUT2D eigenvalue weighted by Crippen LogP contribution is -2.18. The largest absolute Gasteiger partial charge is 0.481 e. The van der Waals surface area contributed by atoms with Crippen LogP contribution in [-0.4, -0.2) is 21.6 Å². The lowest BCUT2D eigenvalue weighted by atomic mass is 10.00. The van der Waals surface area contributed by atoms with Crippen LogP contribution < -0.4 is 5.32 Å². The quantitative estimate of drug-likeness (QED) is 0.403. The molecule has 0 bridgehead atoms. The van der Waals surface area contributed by atoms with Gasteiger partial charge in [0.25, 0.3) is 0 Å². The number of carboxylic acids is 1. The van der Waals surface area contributed by atoms with Crippen LogP contribution in [0.4, 0.5) is 5.69 Å². The van der Waals surface area contributed by atoms with Crippen molar-refractivity contribution >= 4 is 62.6 Å². The van der Waals surface area contributed by atoms with Gasteiger partial charge in [0.05, 0.1) is 5.92 Å². The number of nitrogens with zero attached hydrogens (tertiary/aromatic N) is 1. The van der Waals surface area contributed by atoms with Crippen LogP contribution in [0.25, 0.3) is 21.8 Å². The molecule has 1 aromatic heterocycles. The Morgan fingerprint density at radius 2 is 1.73 bits per heavy atom. The summed E-state index contributed by atoms with van der Waals surface area (Å²) in [6, 6.07) is 17.9. The molecular formula is C23H18Cl2N2O3. The van der Waals surface area contributed by atoms with E-state index in [0.29, 0.717) is 21.3 Å². The molecule has 1 amide bonds. The van der Waals surface area contributed by atoms with Gasteiger partial charge >= 0.3 is 5.97 Å². The molecule has 1 atom stereocenters. The van der Waals surface area contributed by atoms with Crippen molar-refractivity contribution in [3.05, 3.63) is 76.3 Å². The van der Waals surface area contributed by atoms with E-state index in [1.807, 2.05) is 28.8 Å². The van der Waals surface area contributed by atoms with Gasteiger partial charge in [0, 0.05) is 37.5 Å². The Labute approximate surface area is 182 Å². The number of aliphatic carboxylic acids is 1. The highest BCUT2D eigenvalue weighted by Gasteiger charge is 2.18. The Hall–Kier alpha value is -3.02. The fraction of sp³-hybridized carbons (Fsp3) is 0.130. The lowest BCUT2D eigenvalue weighted by molar-refractivity contribution is -0.138. The third-order valence-electron chi connectivity index (χ3n) is 5.13. The summed E-state index contributed by atoms with van der Waals surface area (Å²) in [5, 5.41) is 15.2. The maximum atomic E-state index is 12.8. The number of amides is 1. The highest BCUT2D eigenvalue weighted by Crippen LogP contribution is 2.33. The van der Waals surface area contributed by atoms with Gasteiger partial charge in [0.1, 0.15) is 6.54 Å². The van der Waals surface area contributed by atoms with Crippen LogP contribution in [0, 0.1) is 0 Å². The number of halogens is 2. The Bertz CT molecular complexity index is 1300. The average molecular weight is 441 g/mol. The molecule has 0 fully saturated rings. The fourth-order valence-corrected chi connectivity index (χ4v) is 3.94. The van der Waals surface area contributed by atoms with Crippen molar-refractivity contribution in [3.8, 4) is 0 Å². The number of carbonyl (C=O) groups is 2. The number of hydrogen-bond donors (Lipinski definition) is 2. The van der Waals surface area contributed by atoms with Crippen LogP contribution in [0.15, 0.2) is 60.7 Å². The highest BCUT2D eigenvalue weighted by molar-refractivity contribution is 6.32. The summed E-state index contributed by atoms with van der Waals surface area (Å²) in [5.41, 5.74) is 2.90. The molecule has 2 N–H and O–H groups in total. The van der Waals surface area contributed by atoms with Crippen LogP contribution >= 0.6 is 23.2 Å². The molecule has 0 spiro atoms. The van der Waals surface area contributed by atoms with Crippen molar-refractivity contribution in [1.29, 1.82) is 0 Å². The van der Waals surface area contributed by atoms with Crippen LogP contribution in [0.1, 0.15) is 18.4 Å². The van der Waals surface area contributed by atoms with Gasteiger partial charge < -0.3 is 15.0 Å². The average Bonchev–Trinajstić information content (AvgIpc) is 2.99. The molecule has 0 aliphatic carbocycles. The molecule has 152 valence electrons. The Balaban J connectivity index is 1.80. The van der Waals surface area contributed by atoms with E-state index in [-0.39, 0.29) is 12.5 Å². The second-order valence-corrected chi connectivity index (χ2v) is 8.02. The van der Waals surface area contributed by atoms with Gasteiger partial charge in [-0.15, -0.1) is 0 Å². The molecule has 4 rings (SSSR count). The van der Waals surface area contributed by atoms with Crippen molar-refractivity contribution in [1.82, 2.24) is 4.57 Å². The molecule has 1 heterocycles. The number of benzene rings is 3. The number of fused-ring (bicyclic) bond motifs is 3. The zero-order valence-corrected chi connectivity index (χ0v) is 17.5. The molecule has 0 unspecified atom stereocenters. The first-order valence-corrected chi connectivity index (χ1v) is 10.1. The van der Waals surface area contributed by atoms with E-state index >= 15 is 0 Å². The number of hydrogen-bond acceptors (Lipinski definition) is 2. The maximum absolute atomic E-state index is 12.8. The minimum atomic E-state index is -0.904. The predicted molar refractivity (Wildman–Crippen MR) is 121 cm³/mol. The third-order valence-corrected chi connectivity index (χ3v) is 5.60. The summed E-state index contributed by atoms with van der Waals surface area (Å²) >= 11 is 12.2. The van der Waals surface area contributed by atoms with Gasteiger partial charge in [-0.05, 0) is 55.0 Å². The summed E-state index contributed by atoms with van der Waals surface area (Å²) < 4.78 is 1.87. The third kappa shape index (κ3) is 3.86. The maximum Gasteiger partial charge on any atom is 0.310 e. The van der Waals surface area contributed by atoms with Gasteiger partial charge in [-0.25, -0.2) is 0 Å². The van der Waals surface area contributed by atoms with Gasteiger partial charge in [-0.2, -0.15) is 0 Å². The van der Waals surface area contributed by atoms with Crippen molar-refractivity contribution < 1.29 is 14.7 Å². The van der Waals surface area contributed by atoms with Gasteiger partial charge in [0.15, 0.2) is 0 Å². The standard InChI is InChI=1S/C23H18Cl2N2O3/c1-13(23(29)30)14-5-7-18-19-11-16(25)6-8-20(19)27(21(18)9-14)12-22(28)26-17-4-2-3-15(24)10-17/h2-11,13H,12H2,1H3,(H,26,28)(H,29,30)/t13-/m0/s1. The van der Waals surface area contributed by atoms with Crippen molar-refractivity contribution in [3.63, 3.8) is 0 Å². The Morgan fingerprint density at radius 3 is 2.47 bits per heavy atom. The smallest absolute Gasteiger partial charge is 0.310 e. The summed E-state index contributed by atoms with van der Waals surface area (Å²) in [4.78, 5) is 24.2. The van der Waals surface area contributed by atoms with Crippen LogP contribution in [-0.2, 0) is 16.1 Å². The number of anilines is 1. The minimum Gasteiger partial charge on any atom is -0.481 e. The molecule has 3 aromatic carbocycles. The fourth-order valence-electron chi connectivity index (χ4n) is 3.58. The lowest BCUT2D eigenvalue weighted by Gasteiger charge is -2.11. The monoisotopic (exact) mass is 440 g/mol. The molecule has 4 aromatic rings. The number of rotatable bonds is 5. The van der Waals surface area contributed by atoms with E-state index < -0.39 is 11.9 Å². The summed E-state index contributed by atoms with van der Waals surface area (Å²) in [6.07, 6.45) is 0. The Morgan fingerprint density at radius 1 is 0.967 bits per heavy atom.